The van der Waals surface area contributed by atoms with Crippen molar-refractivity contribution in [2.75, 3.05) is 4.90 Å². The molecule has 0 N–H and O–H groups in total. The summed E-state index contributed by atoms with van der Waals surface area (Å²) in [7, 11) is 0. The molecule has 0 fully saturated rings. The third-order valence-corrected chi connectivity index (χ3v) is 3.11. The van der Waals surface area contributed by atoms with E-state index in [1.807, 2.05) is 60.7 Å². The van der Waals surface area contributed by atoms with Gasteiger partial charge in [0, 0.05) is 17.1 Å². The highest BCUT2D eigenvalue weighted by molar-refractivity contribution is 5.76. The molecule has 0 saturated carbocycles. The van der Waals surface area contributed by atoms with Gasteiger partial charge in [-0.25, -0.2) is 4.39 Å². The Morgan fingerprint density at radius 1 is 0.500 bits per heavy atom. The molecule has 0 amide bonds. The van der Waals surface area contributed by atoms with E-state index in [1.54, 1.807) is 12.1 Å². The van der Waals surface area contributed by atoms with Crippen LogP contribution in [0.25, 0.3) is 0 Å². The maximum absolute atomic E-state index is 13.1. The van der Waals surface area contributed by atoms with Crippen molar-refractivity contribution < 1.29 is 4.39 Å². The Kier molecular flexibility index (Phi) is 3.46. The molecule has 0 aliphatic heterocycles. The van der Waals surface area contributed by atoms with Crippen LogP contribution in [-0.2, 0) is 0 Å². The molecule has 20 heavy (non-hydrogen) atoms. The Labute approximate surface area is 117 Å². The van der Waals surface area contributed by atoms with Gasteiger partial charge in [-0.05, 0) is 48.5 Å². The molecule has 98 valence electrons. The second kappa shape index (κ2) is 5.57. The fraction of sp³-hybridized carbons (Fsp3) is 0. The van der Waals surface area contributed by atoms with Crippen molar-refractivity contribution in [3.63, 3.8) is 0 Å². The van der Waals surface area contributed by atoms with Gasteiger partial charge in [-0.3, -0.25) is 0 Å². The number of para-hydroxylation sites is 2. The lowest BCUT2D eigenvalue weighted by atomic mass is 10.2. The van der Waals surface area contributed by atoms with E-state index in [-0.39, 0.29) is 5.82 Å². The van der Waals surface area contributed by atoms with Crippen molar-refractivity contribution in [3.05, 3.63) is 90.7 Å². The van der Waals surface area contributed by atoms with Crippen LogP contribution in [0.5, 0.6) is 0 Å². The predicted molar refractivity (Wildman–Crippen MR) is 81.1 cm³/mol. The van der Waals surface area contributed by atoms with Crippen LogP contribution < -0.4 is 4.90 Å². The largest absolute Gasteiger partial charge is 0.311 e. The third-order valence-electron chi connectivity index (χ3n) is 3.11. The highest BCUT2D eigenvalue weighted by Gasteiger charge is 2.11. The molecule has 0 atom stereocenters. The molecule has 2 heteroatoms. The average Bonchev–Trinajstić information content (AvgIpc) is 2.52. The van der Waals surface area contributed by atoms with E-state index in [1.165, 1.54) is 12.1 Å². The van der Waals surface area contributed by atoms with E-state index in [0.29, 0.717) is 0 Å². The van der Waals surface area contributed by atoms with Crippen molar-refractivity contribution in [1.82, 2.24) is 0 Å². The van der Waals surface area contributed by atoms with Gasteiger partial charge in [0.05, 0.1) is 0 Å². The van der Waals surface area contributed by atoms with E-state index in [4.69, 9.17) is 0 Å². The molecule has 0 spiro atoms. The van der Waals surface area contributed by atoms with Gasteiger partial charge in [-0.2, -0.15) is 0 Å². The summed E-state index contributed by atoms with van der Waals surface area (Å²) < 4.78 is 13.1. The van der Waals surface area contributed by atoms with E-state index in [0.717, 1.165) is 17.1 Å². The first-order valence-corrected chi connectivity index (χ1v) is 6.50. The van der Waals surface area contributed by atoms with Gasteiger partial charge in [0.15, 0.2) is 0 Å². The molecule has 1 nitrogen and oxygen atoms in total. The quantitative estimate of drug-likeness (QED) is 0.620. The lowest BCUT2D eigenvalue weighted by Gasteiger charge is -2.25. The Bertz CT molecular complexity index is 623. The predicted octanol–water partition coefficient (Wildman–Crippen LogP) is 5.30. The first-order valence-electron chi connectivity index (χ1n) is 6.50. The van der Waals surface area contributed by atoms with Gasteiger partial charge in [-0.15, -0.1) is 0 Å². The summed E-state index contributed by atoms with van der Waals surface area (Å²) in [6.45, 7) is 0. The number of hydrogen-bond donors (Lipinski definition) is 0. The number of benzene rings is 3. The van der Waals surface area contributed by atoms with Crippen LogP contribution >= 0.6 is 0 Å². The molecular formula is C18H14FN. The van der Waals surface area contributed by atoms with Crippen LogP contribution in [0.2, 0.25) is 0 Å². The number of anilines is 3. The first-order chi connectivity index (χ1) is 9.84. The van der Waals surface area contributed by atoms with Crippen LogP contribution in [0.1, 0.15) is 0 Å². The van der Waals surface area contributed by atoms with Crippen LogP contribution in [0.3, 0.4) is 0 Å². The van der Waals surface area contributed by atoms with Crippen molar-refractivity contribution >= 4 is 17.1 Å². The number of hydrogen-bond acceptors (Lipinski definition) is 1. The van der Waals surface area contributed by atoms with Gasteiger partial charge in [0.25, 0.3) is 0 Å². The summed E-state index contributed by atoms with van der Waals surface area (Å²) in [4.78, 5) is 2.10. The summed E-state index contributed by atoms with van der Waals surface area (Å²) in [6, 6.07) is 26.6. The third kappa shape index (κ3) is 2.54. The Morgan fingerprint density at radius 3 is 1.35 bits per heavy atom. The standard InChI is InChI=1S/C18H14FN/c19-15-11-13-18(14-12-15)20(16-7-3-1-4-8-16)17-9-5-2-6-10-17/h1-14H. The molecule has 0 saturated heterocycles. The normalized spacial score (nSPS) is 10.2. The Hall–Kier alpha value is -2.61. The fourth-order valence-corrected chi connectivity index (χ4v) is 2.19. The summed E-state index contributed by atoms with van der Waals surface area (Å²) in [6.07, 6.45) is 0. The van der Waals surface area contributed by atoms with Crippen LogP contribution in [-0.4, -0.2) is 0 Å². The maximum atomic E-state index is 13.1. The van der Waals surface area contributed by atoms with E-state index >= 15 is 0 Å². The molecule has 0 radical (unpaired) electrons. The summed E-state index contributed by atoms with van der Waals surface area (Å²) in [5.74, 6) is -0.227. The van der Waals surface area contributed by atoms with Gasteiger partial charge in [0.1, 0.15) is 5.82 Å². The molecular weight excluding hydrogens is 249 g/mol. The molecule has 0 unspecified atom stereocenters. The minimum atomic E-state index is -0.227. The van der Waals surface area contributed by atoms with Crippen LogP contribution in [0.15, 0.2) is 84.9 Å². The van der Waals surface area contributed by atoms with Crippen molar-refractivity contribution in [2.24, 2.45) is 0 Å². The summed E-state index contributed by atoms with van der Waals surface area (Å²) in [5.41, 5.74) is 3.03. The van der Waals surface area contributed by atoms with Crippen molar-refractivity contribution in [2.45, 2.75) is 0 Å². The molecule has 3 rings (SSSR count). The Morgan fingerprint density at radius 2 is 0.900 bits per heavy atom. The average molecular weight is 263 g/mol. The molecule has 3 aromatic rings. The lowest BCUT2D eigenvalue weighted by molar-refractivity contribution is 0.628. The number of nitrogens with zero attached hydrogens (tertiary/aromatic N) is 1. The van der Waals surface area contributed by atoms with Crippen LogP contribution in [0.4, 0.5) is 21.5 Å². The zero-order valence-electron chi connectivity index (χ0n) is 10.9. The molecule has 0 bridgehead atoms. The second-order valence-corrected chi connectivity index (χ2v) is 4.48. The molecule has 0 aromatic heterocycles. The van der Waals surface area contributed by atoms with E-state index in [2.05, 4.69) is 4.90 Å². The van der Waals surface area contributed by atoms with Gasteiger partial charge < -0.3 is 4.90 Å². The smallest absolute Gasteiger partial charge is 0.123 e. The molecule has 3 aromatic carbocycles. The van der Waals surface area contributed by atoms with Crippen LogP contribution in [0, 0.1) is 5.82 Å². The van der Waals surface area contributed by atoms with Crippen molar-refractivity contribution in [1.29, 1.82) is 0 Å². The van der Waals surface area contributed by atoms with Gasteiger partial charge in [0.2, 0.25) is 0 Å². The fourth-order valence-electron chi connectivity index (χ4n) is 2.19. The monoisotopic (exact) mass is 263 g/mol. The van der Waals surface area contributed by atoms with E-state index in [9.17, 15) is 4.39 Å². The lowest BCUT2D eigenvalue weighted by Crippen LogP contribution is -2.09. The highest BCUT2D eigenvalue weighted by atomic mass is 19.1. The SMILES string of the molecule is Fc1ccc(N(c2ccccc2)c2ccccc2)cc1. The summed E-state index contributed by atoms with van der Waals surface area (Å²) >= 11 is 0. The topological polar surface area (TPSA) is 3.24 Å². The van der Waals surface area contributed by atoms with Crippen molar-refractivity contribution in [3.8, 4) is 0 Å². The zero-order chi connectivity index (χ0) is 13.8. The second-order valence-electron chi connectivity index (χ2n) is 4.48. The maximum Gasteiger partial charge on any atom is 0.123 e. The Balaban J connectivity index is 2.11. The number of rotatable bonds is 3. The molecule has 0 heterocycles. The molecule has 0 aliphatic rings. The van der Waals surface area contributed by atoms with Gasteiger partial charge >= 0.3 is 0 Å². The number of halogens is 1. The zero-order valence-corrected chi connectivity index (χ0v) is 10.9. The molecule has 0 aliphatic carbocycles. The minimum absolute atomic E-state index is 0.227. The summed E-state index contributed by atoms with van der Waals surface area (Å²) in [5, 5.41) is 0. The highest BCUT2D eigenvalue weighted by Crippen LogP contribution is 2.33. The minimum Gasteiger partial charge on any atom is -0.311 e. The first kappa shape index (κ1) is 12.4. The van der Waals surface area contributed by atoms with E-state index < -0.39 is 0 Å². The van der Waals surface area contributed by atoms with Gasteiger partial charge in [-0.1, -0.05) is 36.4 Å².